The maximum atomic E-state index is 11.1. The fourth-order valence-electron chi connectivity index (χ4n) is 4.85. The highest BCUT2D eigenvalue weighted by atomic mass is 32.2. The normalized spacial score (nSPS) is 26.1. The van der Waals surface area contributed by atoms with Gasteiger partial charge in [-0.1, -0.05) is 17.8 Å². The Labute approximate surface area is 162 Å². The van der Waals surface area contributed by atoms with Gasteiger partial charge < -0.3 is 10.4 Å². The summed E-state index contributed by atoms with van der Waals surface area (Å²) >= 11 is 1.65. The smallest absolute Gasteiger partial charge is 0.303 e. The second kappa shape index (κ2) is 6.80. The van der Waals surface area contributed by atoms with E-state index >= 15 is 0 Å². The lowest BCUT2D eigenvalue weighted by Crippen LogP contribution is -2.42. The number of nitrogens with one attached hydrogen (secondary N) is 1. The summed E-state index contributed by atoms with van der Waals surface area (Å²) in [6, 6.07) is 7.65. The Morgan fingerprint density at radius 1 is 1.22 bits per heavy atom. The number of aromatic nitrogens is 2. The predicted octanol–water partition coefficient (Wildman–Crippen LogP) is 3.90. The number of hydrogen-bond acceptors (Lipinski definition) is 6. The molecular formula is C20H22N4O2S. The van der Waals surface area contributed by atoms with E-state index in [1.807, 2.05) is 0 Å². The van der Waals surface area contributed by atoms with Crippen LogP contribution in [-0.2, 0) is 11.3 Å². The van der Waals surface area contributed by atoms with Crippen molar-refractivity contribution >= 4 is 29.2 Å². The molecule has 3 aliphatic heterocycles. The summed E-state index contributed by atoms with van der Waals surface area (Å²) in [4.78, 5) is 23.6. The van der Waals surface area contributed by atoms with Crippen molar-refractivity contribution in [3.63, 3.8) is 0 Å². The van der Waals surface area contributed by atoms with Crippen LogP contribution in [0.15, 0.2) is 40.5 Å². The zero-order valence-electron chi connectivity index (χ0n) is 15.0. The Bertz CT molecular complexity index is 876. The first-order valence-electron chi connectivity index (χ1n) is 9.52. The van der Waals surface area contributed by atoms with E-state index in [9.17, 15) is 4.79 Å². The third kappa shape index (κ3) is 3.30. The Kier molecular flexibility index (Phi) is 4.28. The van der Waals surface area contributed by atoms with Crippen LogP contribution in [0, 0.1) is 5.92 Å². The summed E-state index contributed by atoms with van der Waals surface area (Å²) in [5.41, 5.74) is 2.39. The van der Waals surface area contributed by atoms with E-state index in [0.717, 1.165) is 35.9 Å². The van der Waals surface area contributed by atoms with Crippen molar-refractivity contribution in [3.8, 4) is 0 Å². The van der Waals surface area contributed by atoms with Crippen LogP contribution >= 0.6 is 11.8 Å². The van der Waals surface area contributed by atoms with Crippen LogP contribution in [0.2, 0.25) is 0 Å². The number of anilines is 2. The maximum Gasteiger partial charge on any atom is 0.303 e. The lowest BCUT2D eigenvalue weighted by atomic mass is 9.88. The zero-order valence-corrected chi connectivity index (χ0v) is 15.8. The molecule has 6 nitrogen and oxygen atoms in total. The first-order chi connectivity index (χ1) is 13.2. The van der Waals surface area contributed by atoms with Crippen molar-refractivity contribution in [2.75, 3.05) is 5.32 Å². The summed E-state index contributed by atoms with van der Waals surface area (Å²) in [5.74, 6) is 0.504. The molecule has 5 rings (SSSR count). The van der Waals surface area contributed by atoms with Crippen LogP contribution in [0.3, 0.4) is 0 Å². The van der Waals surface area contributed by atoms with Crippen LogP contribution in [0.5, 0.6) is 0 Å². The van der Waals surface area contributed by atoms with Crippen LogP contribution in [0.1, 0.15) is 37.7 Å². The largest absolute Gasteiger partial charge is 0.481 e. The molecule has 1 aromatic carbocycles. The molecule has 7 heteroatoms. The predicted molar refractivity (Wildman–Crippen MR) is 103 cm³/mol. The number of benzene rings is 1. The molecule has 2 bridgehead atoms. The van der Waals surface area contributed by atoms with Gasteiger partial charge in [0, 0.05) is 42.3 Å². The van der Waals surface area contributed by atoms with E-state index in [4.69, 9.17) is 5.11 Å². The van der Waals surface area contributed by atoms with Crippen molar-refractivity contribution in [2.45, 2.75) is 60.7 Å². The van der Waals surface area contributed by atoms with E-state index < -0.39 is 5.97 Å². The van der Waals surface area contributed by atoms with Crippen molar-refractivity contribution in [2.24, 2.45) is 5.92 Å². The third-order valence-electron chi connectivity index (χ3n) is 5.98. The van der Waals surface area contributed by atoms with Crippen molar-refractivity contribution in [1.82, 2.24) is 14.9 Å². The van der Waals surface area contributed by atoms with E-state index in [1.165, 1.54) is 23.3 Å². The number of piperidine rings is 1. The van der Waals surface area contributed by atoms with Gasteiger partial charge >= 0.3 is 5.97 Å². The second-order valence-corrected chi connectivity index (χ2v) is 8.79. The first kappa shape index (κ1) is 17.0. The van der Waals surface area contributed by atoms with Gasteiger partial charge in [0.15, 0.2) is 5.82 Å². The van der Waals surface area contributed by atoms with Crippen molar-refractivity contribution < 1.29 is 9.90 Å². The molecule has 2 aromatic rings. The minimum atomic E-state index is -0.658. The highest BCUT2D eigenvalue weighted by Gasteiger charge is 2.41. The summed E-state index contributed by atoms with van der Waals surface area (Å²) in [6.07, 6.45) is 8.18. The molecule has 0 saturated carbocycles. The van der Waals surface area contributed by atoms with Gasteiger partial charge in [-0.25, -0.2) is 9.97 Å². The fraction of sp³-hybridized carbons (Fsp3) is 0.450. The molecule has 0 aliphatic carbocycles. The standard InChI is InChI=1S/C20H22N4O2S/c25-18(26)10-13-7-14-2-3-15(8-13)24(14)11-12-1-4-17-16(9-12)23-19-20(27-17)22-6-5-21-19/h1,4-6,9,13-15H,2-3,7-8,10-11H2,(H,21,23)(H,25,26)/t13?,14-,15+. The summed E-state index contributed by atoms with van der Waals surface area (Å²) in [5, 5.41) is 13.4. The summed E-state index contributed by atoms with van der Waals surface area (Å²) < 4.78 is 0. The number of nitrogens with zero attached hydrogens (tertiary/aromatic N) is 3. The number of hydrogen-bond donors (Lipinski definition) is 2. The average molecular weight is 382 g/mol. The Morgan fingerprint density at radius 2 is 2.00 bits per heavy atom. The Morgan fingerprint density at radius 3 is 2.78 bits per heavy atom. The second-order valence-electron chi connectivity index (χ2n) is 7.76. The summed E-state index contributed by atoms with van der Waals surface area (Å²) in [6.45, 7) is 0.933. The molecule has 4 heterocycles. The number of carbonyl (C=O) groups is 1. The molecule has 2 N–H and O–H groups in total. The van der Waals surface area contributed by atoms with Gasteiger partial charge in [0.05, 0.1) is 5.69 Å². The van der Waals surface area contributed by atoms with Crippen molar-refractivity contribution in [1.29, 1.82) is 0 Å². The van der Waals surface area contributed by atoms with E-state index in [-0.39, 0.29) is 0 Å². The van der Waals surface area contributed by atoms with E-state index in [0.29, 0.717) is 24.4 Å². The van der Waals surface area contributed by atoms with Gasteiger partial charge in [0.2, 0.25) is 0 Å². The molecular weight excluding hydrogens is 360 g/mol. The minimum Gasteiger partial charge on any atom is -0.481 e. The monoisotopic (exact) mass is 382 g/mol. The van der Waals surface area contributed by atoms with Crippen LogP contribution in [0.25, 0.3) is 0 Å². The van der Waals surface area contributed by atoms with Crippen LogP contribution < -0.4 is 5.32 Å². The number of fused-ring (bicyclic) bond motifs is 4. The van der Waals surface area contributed by atoms with E-state index in [1.54, 1.807) is 24.2 Å². The van der Waals surface area contributed by atoms with Gasteiger partial charge in [0.25, 0.3) is 0 Å². The molecule has 0 radical (unpaired) electrons. The number of carboxylic acids is 1. The van der Waals surface area contributed by atoms with Gasteiger partial charge in [-0.2, -0.15) is 0 Å². The number of carboxylic acid groups (broad SMARTS) is 1. The van der Waals surface area contributed by atoms with Gasteiger partial charge in [-0.15, -0.1) is 0 Å². The number of aliphatic carboxylic acids is 1. The molecule has 2 fully saturated rings. The first-order valence-corrected chi connectivity index (χ1v) is 10.3. The Balaban J connectivity index is 1.31. The molecule has 140 valence electrons. The average Bonchev–Trinajstić information content (AvgIpc) is 2.88. The van der Waals surface area contributed by atoms with Crippen LogP contribution in [-0.4, -0.2) is 38.0 Å². The van der Waals surface area contributed by atoms with Crippen molar-refractivity contribution in [3.05, 3.63) is 36.2 Å². The molecule has 0 amide bonds. The molecule has 0 spiro atoms. The van der Waals surface area contributed by atoms with Crippen LogP contribution in [0.4, 0.5) is 11.5 Å². The SMILES string of the molecule is O=C(O)CC1C[C@H]2CC[C@@H](C1)N2Cc1ccc2c(c1)Nc1nccnc1S2. The van der Waals surface area contributed by atoms with Gasteiger partial charge in [-0.05, 0) is 49.3 Å². The lowest BCUT2D eigenvalue weighted by molar-refractivity contribution is -0.138. The quantitative estimate of drug-likeness (QED) is 0.708. The summed E-state index contributed by atoms with van der Waals surface area (Å²) in [7, 11) is 0. The molecule has 1 unspecified atom stereocenters. The molecule has 1 aromatic heterocycles. The highest BCUT2D eigenvalue weighted by Crippen LogP contribution is 2.44. The molecule has 3 aliphatic rings. The zero-order chi connectivity index (χ0) is 18.4. The lowest BCUT2D eigenvalue weighted by Gasteiger charge is -2.38. The van der Waals surface area contributed by atoms with Gasteiger partial charge in [0.1, 0.15) is 5.03 Å². The number of rotatable bonds is 4. The minimum absolute atomic E-state index is 0.321. The van der Waals surface area contributed by atoms with E-state index in [2.05, 4.69) is 38.4 Å². The third-order valence-corrected chi connectivity index (χ3v) is 7.05. The molecule has 2 saturated heterocycles. The highest BCUT2D eigenvalue weighted by molar-refractivity contribution is 7.99. The topological polar surface area (TPSA) is 78.4 Å². The maximum absolute atomic E-state index is 11.1. The Hall–Kier alpha value is -2.12. The molecule has 27 heavy (non-hydrogen) atoms. The molecule has 3 atom stereocenters. The van der Waals surface area contributed by atoms with Gasteiger partial charge in [-0.3, -0.25) is 9.69 Å². The fourth-order valence-corrected chi connectivity index (χ4v) is 5.73.